The Kier molecular flexibility index (Phi) is 7.79. The lowest BCUT2D eigenvalue weighted by atomic mass is 9.92. The third kappa shape index (κ3) is 5.31. The Balaban J connectivity index is 1.10. The predicted octanol–water partition coefficient (Wildman–Crippen LogP) is 14.5. The standard InChI is InChI=1S/C44H24Cl6O2/c45-24-5-1-22(2-6-24)13-32-34-15-26(47)9-11-30(34)42-36(32)17-28(49)19-38(42)40-21-41-44(51-40,52-41)39-20-29(50)18-37-33(14-23-3-7-25(46)8-4-23)35-16-27(48)10-12-31(35)43(37)39/h1-20,40-41H,21H2/t40-,41-,44-/m1/s1. The van der Waals surface area contributed by atoms with Crippen molar-refractivity contribution in [2.75, 3.05) is 0 Å². The van der Waals surface area contributed by atoms with Crippen LogP contribution in [-0.2, 0) is 15.3 Å². The number of epoxide rings is 1. The second-order valence-electron chi connectivity index (χ2n) is 13.5. The van der Waals surface area contributed by atoms with Crippen LogP contribution in [0.3, 0.4) is 0 Å². The third-order valence-electron chi connectivity index (χ3n) is 10.4. The molecule has 8 heteroatoms. The summed E-state index contributed by atoms with van der Waals surface area (Å²) in [6.07, 6.45) is 4.48. The number of hydrogen-bond donors (Lipinski definition) is 0. The van der Waals surface area contributed by atoms with Gasteiger partial charge in [0.15, 0.2) is 0 Å². The number of hydrogen-bond acceptors (Lipinski definition) is 2. The Labute approximate surface area is 330 Å². The molecule has 4 aliphatic rings. The van der Waals surface area contributed by atoms with Gasteiger partial charge >= 0.3 is 0 Å². The number of fused-ring (bicyclic) bond motifs is 7. The summed E-state index contributed by atoms with van der Waals surface area (Å²) in [6, 6.07) is 35.6. The predicted molar refractivity (Wildman–Crippen MR) is 216 cm³/mol. The SMILES string of the molecule is Clc1ccc(C=C2c3cc(Cl)ccc3-c3c2cc(Cl)cc3[C@H]2C[C@H]3O[C@@]3(c3cc(Cl)cc4c3-c3ccc(Cl)cc3C4=Cc3ccc(Cl)cc3)O2)cc1. The summed E-state index contributed by atoms with van der Waals surface area (Å²) in [6.45, 7) is 0. The molecule has 3 atom stereocenters. The zero-order chi connectivity index (χ0) is 35.5. The van der Waals surface area contributed by atoms with Gasteiger partial charge in [-0.1, -0.05) is 106 Å². The van der Waals surface area contributed by atoms with E-state index in [9.17, 15) is 0 Å². The smallest absolute Gasteiger partial charge is 0.224 e. The molecule has 52 heavy (non-hydrogen) atoms. The first-order valence-electron chi connectivity index (χ1n) is 16.7. The second-order valence-corrected chi connectivity index (χ2v) is 16.1. The van der Waals surface area contributed by atoms with Crippen molar-refractivity contribution in [2.45, 2.75) is 24.4 Å². The number of benzene rings is 6. The maximum Gasteiger partial charge on any atom is 0.224 e. The van der Waals surface area contributed by atoms with Gasteiger partial charge in [0.2, 0.25) is 5.79 Å². The van der Waals surface area contributed by atoms with Crippen LogP contribution in [0.1, 0.15) is 57.0 Å². The monoisotopic (exact) mass is 794 g/mol. The highest BCUT2D eigenvalue weighted by Crippen LogP contribution is 2.65. The van der Waals surface area contributed by atoms with E-state index in [4.69, 9.17) is 79.1 Å². The minimum absolute atomic E-state index is 0.176. The minimum atomic E-state index is -0.981. The molecule has 2 fully saturated rings. The van der Waals surface area contributed by atoms with Crippen LogP contribution < -0.4 is 0 Å². The molecule has 0 aromatic heterocycles. The van der Waals surface area contributed by atoms with Crippen LogP contribution in [0.25, 0.3) is 45.6 Å². The van der Waals surface area contributed by atoms with Crippen LogP contribution in [0.15, 0.2) is 109 Å². The van der Waals surface area contributed by atoms with Crippen LogP contribution in [0.5, 0.6) is 0 Å². The summed E-state index contributed by atoms with van der Waals surface area (Å²) in [5.41, 5.74) is 14.3. The average molecular weight is 797 g/mol. The van der Waals surface area contributed by atoms with Gasteiger partial charge in [-0.15, -0.1) is 0 Å². The lowest BCUT2D eigenvalue weighted by Gasteiger charge is -2.22. The molecule has 2 aliphatic heterocycles. The quantitative estimate of drug-likeness (QED) is 0.166. The van der Waals surface area contributed by atoms with Crippen molar-refractivity contribution in [2.24, 2.45) is 0 Å². The maximum atomic E-state index is 7.11. The fourth-order valence-corrected chi connectivity index (χ4v) is 9.22. The first-order chi connectivity index (χ1) is 25.1. The van der Waals surface area contributed by atoms with Gasteiger partial charge in [0.1, 0.15) is 6.10 Å². The van der Waals surface area contributed by atoms with Gasteiger partial charge in [-0.2, -0.15) is 0 Å². The van der Waals surface area contributed by atoms with E-state index in [1.54, 1.807) is 0 Å². The Morgan fingerprint density at radius 3 is 1.52 bits per heavy atom. The van der Waals surface area contributed by atoms with Crippen LogP contribution in [0.2, 0.25) is 30.1 Å². The molecule has 0 bridgehead atoms. The van der Waals surface area contributed by atoms with Gasteiger partial charge in [-0.25, -0.2) is 0 Å². The summed E-state index contributed by atoms with van der Waals surface area (Å²) >= 11 is 39.5. The maximum absolute atomic E-state index is 7.11. The van der Waals surface area contributed by atoms with Gasteiger partial charge in [0.25, 0.3) is 0 Å². The molecule has 2 heterocycles. The third-order valence-corrected chi connectivity index (χ3v) is 11.8. The zero-order valence-corrected chi connectivity index (χ0v) is 31.5. The molecule has 2 aliphatic carbocycles. The summed E-state index contributed by atoms with van der Waals surface area (Å²) in [7, 11) is 0. The van der Waals surface area contributed by atoms with Crippen molar-refractivity contribution < 1.29 is 9.47 Å². The molecule has 10 rings (SSSR count). The van der Waals surface area contributed by atoms with Gasteiger partial charge in [0, 0.05) is 42.1 Å². The van der Waals surface area contributed by atoms with Gasteiger partial charge in [0.05, 0.1) is 6.10 Å². The molecule has 6 aromatic rings. The topological polar surface area (TPSA) is 21.8 Å². The Bertz CT molecular complexity index is 2570. The molecule has 6 aromatic carbocycles. The normalized spacial score (nSPS) is 22.0. The molecule has 0 radical (unpaired) electrons. The molecule has 254 valence electrons. The summed E-state index contributed by atoms with van der Waals surface area (Å²) < 4.78 is 13.6. The number of rotatable bonds is 4. The second kappa shape index (κ2) is 12.2. The molecular formula is C44H24Cl6O2. The molecule has 2 saturated heterocycles. The van der Waals surface area contributed by atoms with E-state index in [1.807, 2.05) is 97.1 Å². The zero-order valence-electron chi connectivity index (χ0n) is 27.0. The van der Waals surface area contributed by atoms with Crippen molar-refractivity contribution in [3.05, 3.63) is 184 Å². The highest BCUT2D eigenvalue weighted by Gasteiger charge is 2.67. The Morgan fingerprint density at radius 2 is 0.942 bits per heavy atom. The van der Waals surface area contributed by atoms with Crippen molar-refractivity contribution in [1.82, 2.24) is 0 Å². The minimum Gasteiger partial charge on any atom is -0.335 e. The lowest BCUT2D eigenvalue weighted by Crippen LogP contribution is -2.15. The highest BCUT2D eigenvalue weighted by atomic mass is 35.5. The van der Waals surface area contributed by atoms with E-state index in [-0.39, 0.29) is 12.2 Å². The van der Waals surface area contributed by atoms with E-state index in [2.05, 4.69) is 24.3 Å². The van der Waals surface area contributed by atoms with E-state index in [0.717, 1.165) is 77.9 Å². The van der Waals surface area contributed by atoms with E-state index < -0.39 is 5.79 Å². The lowest BCUT2D eigenvalue weighted by molar-refractivity contribution is -0.0904. The molecule has 0 amide bonds. The summed E-state index contributed by atoms with van der Waals surface area (Å²) in [5.74, 6) is -0.981. The molecule has 0 saturated carbocycles. The van der Waals surface area contributed by atoms with E-state index >= 15 is 0 Å². The first kappa shape index (κ1) is 33.1. The Morgan fingerprint density at radius 1 is 0.462 bits per heavy atom. The molecule has 0 unspecified atom stereocenters. The van der Waals surface area contributed by atoms with Crippen molar-refractivity contribution in [1.29, 1.82) is 0 Å². The summed E-state index contributed by atoms with van der Waals surface area (Å²) in [5, 5.41) is 3.89. The van der Waals surface area contributed by atoms with Gasteiger partial charge in [-0.3, -0.25) is 0 Å². The molecular weight excluding hydrogens is 773 g/mol. The molecule has 0 spiro atoms. The van der Waals surface area contributed by atoms with Crippen molar-refractivity contribution >= 4 is 92.9 Å². The van der Waals surface area contributed by atoms with E-state index in [0.29, 0.717) is 36.6 Å². The van der Waals surface area contributed by atoms with Crippen molar-refractivity contribution in [3.63, 3.8) is 0 Å². The number of halogens is 6. The van der Waals surface area contributed by atoms with Crippen LogP contribution >= 0.6 is 69.6 Å². The van der Waals surface area contributed by atoms with Gasteiger partial charge < -0.3 is 9.47 Å². The van der Waals surface area contributed by atoms with Crippen LogP contribution in [-0.4, -0.2) is 6.10 Å². The van der Waals surface area contributed by atoms with E-state index in [1.165, 1.54) is 0 Å². The average Bonchev–Trinajstić information content (AvgIpc) is 3.39. The van der Waals surface area contributed by atoms with Gasteiger partial charge in [-0.05, 0) is 157 Å². The molecule has 2 nitrogen and oxygen atoms in total. The highest BCUT2D eigenvalue weighted by molar-refractivity contribution is 6.33. The van der Waals surface area contributed by atoms with Crippen molar-refractivity contribution in [3.8, 4) is 22.3 Å². The Hall–Kier alpha value is -3.54. The van der Waals surface area contributed by atoms with Crippen LogP contribution in [0, 0.1) is 0 Å². The largest absolute Gasteiger partial charge is 0.335 e. The van der Waals surface area contributed by atoms with Crippen LogP contribution in [0.4, 0.5) is 0 Å². The fourth-order valence-electron chi connectivity index (χ4n) is 8.18. The first-order valence-corrected chi connectivity index (χ1v) is 19.0. The molecule has 0 N–H and O–H groups in total. The fraction of sp³-hybridized carbons (Fsp3) is 0.0909. The summed E-state index contributed by atoms with van der Waals surface area (Å²) in [4.78, 5) is 0. The number of ether oxygens (including phenoxy) is 2.